The van der Waals surface area contributed by atoms with E-state index in [9.17, 15) is 0 Å². The van der Waals surface area contributed by atoms with Crippen molar-refractivity contribution >= 4 is 16.5 Å². The third-order valence-corrected chi connectivity index (χ3v) is 2.77. The van der Waals surface area contributed by atoms with Gasteiger partial charge in [0.15, 0.2) is 5.13 Å². The molecule has 0 unspecified atom stereocenters. The lowest BCUT2D eigenvalue weighted by Gasteiger charge is -2.17. The topological polar surface area (TPSA) is 39.9 Å². The molecule has 0 aromatic carbocycles. The molecule has 4 heteroatoms. The Morgan fingerprint density at radius 1 is 1.69 bits per heavy atom. The van der Waals surface area contributed by atoms with Crippen LogP contribution in [0.25, 0.3) is 0 Å². The molecule has 0 aliphatic rings. The van der Waals surface area contributed by atoms with E-state index in [4.69, 9.17) is 5.26 Å². The lowest BCUT2D eigenvalue weighted by Crippen LogP contribution is -2.23. The second-order valence-electron chi connectivity index (χ2n) is 2.76. The third kappa shape index (κ3) is 2.71. The van der Waals surface area contributed by atoms with Gasteiger partial charge in [-0.15, -0.1) is 11.3 Å². The molecule has 0 saturated heterocycles. The van der Waals surface area contributed by atoms with Gasteiger partial charge in [0.2, 0.25) is 0 Å². The number of nitriles is 1. The SMILES string of the molecule is CCN(CCC#N)c1nc(C)cs1. The maximum Gasteiger partial charge on any atom is 0.185 e. The van der Waals surface area contributed by atoms with Gasteiger partial charge in [-0.1, -0.05) is 0 Å². The van der Waals surface area contributed by atoms with Crippen LogP contribution >= 0.6 is 11.3 Å². The fourth-order valence-corrected chi connectivity index (χ4v) is 1.96. The zero-order valence-corrected chi connectivity index (χ0v) is 8.77. The average Bonchev–Trinajstić information content (AvgIpc) is 2.54. The maximum atomic E-state index is 8.47. The van der Waals surface area contributed by atoms with Gasteiger partial charge < -0.3 is 4.90 Å². The Balaban J connectivity index is 2.62. The van der Waals surface area contributed by atoms with Crippen molar-refractivity contribution in [2.45, 2.75) is 20.3 Å². The molecule has 3 nitrogen and oxygen atoms in total. The van der Waals surface area contributed by atoms with Crippen LogP contribution in [0.1, 0.15) is 19.0 Å². The van der Waals surface area contributed by atoms with Crippen LogP contribution in [0.5, 0.6) is 0 Å². The number of aromatic nitrogens is 1. The molecule has 0 radical (unpaired) electrons. The number of nitrogens with zero attached hydrogens (tertiary/aromatic N) is 3. The van der Waals surface area contributed by atoms with E-state index in [1.54, 1.807) is 11.3 Å². The molecular weight excluding hydrogens is 182 g/mol. The predicted octanol–water partition coefficient (Wildman–Crippen LogP) is 2.19. The highest BCUT2D eigenvalue weighted by atomic mass is 32.1. The monoisotopic (exact) mass is 195 g/mol. The normalized spacial score (nSPS) is 9.62. The van der Waals surface area contributed by atoms with Crippen LogP contribution in [0.4, 0.5) is 5.13 Å². The summed E-state index contributed by atoms with van der Waals surface area (Å²) in [6, 6.07) is 2.14. The maximum absolute atomic E-state index is 8.47. The van der Waals surface area contributed by atoms with E-state index in [1.165, 1.54) is 0 Å². The van der Waals surface area contributed by atoms with Crippen LogP contribution in [0, 0.1) is 18.3 Å². The molecule has 1 rings (SSSR count). The summed E-state index contributed by atoms with van der Waals surface area (Å²) in [5, 5.41) is 11.5. The van der Waals surface area contributed by atoms with Gasteiger partial charge in [-0.25, -0.2) is 4.98 Å². The molecule has 0 N–H and O–H groups in total. The summed E-state index contributed by atoms with van der Waals surface area (Å²) in [7, 11) is 0. The van der Waals surface area contributed by atoms with Crippen molar-refractivity contribution in [2.24, 2.45) is 0 Å². The molecule has 0 saturated carbocycles. The Morgan fingerprint density at radius 3 is 2.92 bits per heavy atom. The summed E-state index contributed by atoms with van der Waals surface area (Å²) in [5.41, 5.74) is 1.05. The first-order valence-electron chi connectivity index (χ1n) is 4.32. The highest BCUT2D eigenvalue weighted by Gasteiger charge is 2.06. The van der Waals surface area contributed by atoms with E-state index >= 15 is 0 Å². The van der Waals surface area contributed by atoms with Gasteiger partial charge in [-0.3, -0.25) is 0 Å². The van der Waals surface area contributed by atoms with E-state index in [0.717, 1.165) is 23.9 Å². The van der Waals surface area contributed by atoms with Gasteiger partial charge >= 0.3 is 0 Å². The molecule has 1 aromatic heterocycles. The first-order chi connectivity index (χ1) is 6.27. The van der Waals surface area contributed by atoms with E-state index in [0.29, 0.717) is 6.42 Å². The van der Waals surface area contributed by atoms with Gasteiger partial charge in [0, 0.05) is 18.5 Å². The summed E-state index contributed by atoms with van der Waals surface area (Å²) in [6.07, 6.45) is 0.562. The van der Waals surface area contributed by atoms with E-state index in [2.05, 4.69) is 22.9 Å². The van der Waals surface area contributed by atoms with Crippen LogP contribution in [0.15, 0.2) is 5.38 Å². The van der Waals surface area contributed by atoms with Crippen molar-refractivity contribution in [3.05, 3.63) is 11.1 Å². The molecule has 70 valence electrons. The smallest absolute Gasteiger partial charge is 0.185 e. The second kappa shape index (κ2) is 4.83. The van der Waals surface area contributed by atoms with Crippen molar-refractivity contribution in [2.75, 3.05) is 18.0 Å². The van der Waals surface area contributed by atoms with Crippen molar-refractivity contribution in [3.8, 4) is 6.07 Å². The van der Waals surface area contributed by atoms with Crippen LogP contribution in [0.3, 0.4) is 0 Å². The third-order valence-electron chi connectivity index (χ3n) is 1.75. The highest BCUT2D eigenvalue weighted by Crippen LogP contribution is 2.19. The number of hydrogen-bond acceptors (Lipinski definition) is 4. The Labute approximate surface area is 82.6 Å². The minimum atomic E-state index is 0.562. The summed E-state index contributed by atoms with van der Waals surface area (Å²) in [5.74, 6) is 0. The molecule has 0 atom stereocenters. The second-order valence-corrected chi connectivity index (χ2v) is 3.60. The Hall–Kier alpha value is -1.08. The number of aryl methyl sites for hydroxylation is 1. The molecule has 1 aromatic rings. The van der Waals surface area contributed by atoms with Crippen LogP contribution in [0.2, 0.25) is 0 Å². The Bertz CT molecular complexity index is 300. The summed E-state index contributed by atoms with van der Waals surface area (Å²) in [6.45, 7) is 5.75. The zero-order valence-electron chi connectivity index (χ0n) is 7.95. The van der Waals surface area contributed by atoms with E-state index in [-0.39, 0.29) is 0 Å². The fraction of sp³-hybridized carbons (Fsp3) is 0.556. The fourth-order valence-electron chi connectivity index (χ4n) is 1.06. The van der Waals surface area contributed by atoms with Crippen molar-refractivity contribution in [1.29, 1.82) is 5.26 Å². The summed E-state index contributed by atoms with van der Waals surface area (Å²) < 4.78 is 0. The van der Waals surface area contributed by atoms with E-state index < -0.39 is 0 Å². The molecule has 13 heavy (non-hydrogen) atoms. The minimum absolute atomic E-state index is 0.562. The lowest BCUT2D eigenvalue weighted by atomic mass is 10.4. The molecule has 1 heterocycles. The van der Waals surface area contributed by atoms with E-state index in [1.807, 2.05) is 12.3 Å². The van der Waals surface area contributed by atoms with Crippen molar-refractivity contribution in [1.82, 2.24) is 4.98 Å². The lowest BCUT2D eigenvalue weighted by molar-refractivity contribution is 0.820. The highest BCUT2D eigenvalue weighted by molar-refractivity contribution is 7.13. The zero-order chi connectivity index (χ0) is 9.68. The largest absolute Gasteiger partial charge is 0.347 e. The minimum Gasteiger partial charge on any atom is -0.347 e. The first kappa shape index (κ1) is 10.0. The van der Waals surface area contributed by atoms with Crippen LogP contribution in [-0.4, -0.2) is 18.1 Å². The predicted molar refractivity (Wildman–Crippen MR) is 55.0 cm³/mol. The van der Waals surface area contributed by atoms with Crippen LogP contribution in [-0.2, 0) is 0 Å². The van der Waals surface area contributed by atoms with Gasteiger partial charge in [0.05, 0.1) is 18.2 Å². The summed E-state index contributed by atoms with van der Waals surface area (Å²) >= 11 is 1.64. The Morgan fingerprint density at radius 2 is 2.46 bits per heavy atom. The first-order valence-corrected chi connectivity index (χ1v) is 5.20. The molecule has 0 aliphatic carbocycles. The van der Waals surface area contributed by atoms with Crippen molar-refractivity contribution < 1.29 is 0 Å². The molecule has 0 bridgehead atoms. The number of rotatable bonds is 4. The number of anilines is 1. The molecule has 0 aliphatic heterocycles. The number of thiazole rings is 1. The molecule has 0 amide bonds. The summed E-state index contributed by atoms with van der Waals surface area (Å²) in [4.78, 5) is 6.50. The average molecular weight is 195 g/mol. The number of hydrogen-bond donors (Lipinski definition) is 0. The molecule has 0 fully saturated rings. The standard InChI is InChI=1S/C9H13N3S/c1-3-12(6-4-5-10)9-11-8(2)7-13-9/h7H,3-4,6H2,1-2H3. The van der Waals surface area contributed by atoms with Gasteiger partial charge in [-0.05, 0) is 13.8 Å². The molecular formula is C9H13N3S. The Kier molecular flexibility index (Phi) is 3.71. The van der Waals surface area contributed by atoms with Crippen LogP contribution < -0.4 is 4.90 Å². The van der Waals surface area contributed by atoms with Gasteiger partial charge in [0.1, 0.15) is 0 Å². The van der Waals surface area contributed by atoms with Gasteiger partial charge in [-0.2, -0.15) is 5.26 Å². The molecule has 0 spiro atoms. The van der Waals surface area contributed by atoms with Gasteiger partial charge in [0.25, 0.3) is 0 Å². The van der Waals surface area contributed by atoms with Crippen molar-refractivity contribution in [3.63, 3.8) is 0 Å². The quantitative estimate of drug-likeness (QED) is 0.739.